The molecule has 45 heavy (non-hydrogen) atoms. The van der Waals surface area contributed by atoms with Crippen LogP contribution >= 0.6 is 0 Å². The Morgan fingerprint density at radius 2 is 1.53 bits per heavy atom. The summed E-state index contributed by atoms with van der Waals surface area (Å²) >= 11 is 0. The Kier molecular flexibility index (Phi) is 17.1. The third-order valence-electron chi connectivity index (χ3n) is 8.31. The van der Waals surface area contributed by atoms with Crippen LogP contribution in [0.4, 0.5) is 4.79 Å². The van der Waals surface area contributed by atoms with E-state index in [2.05, 4.69) is 28.0 Å². The van der Waals surface area contributed by atoms with Gasteiger partial charge in [-0.2, -0.15) is 0 Å². The van der Waals surface area contributed by atoms with Crippen LogP contribution in [0.5, 0.6) is 0 Å². The number of oxime groups is 1. The van der Waals surface area contributed by atoms with Crippen LogP contribution in [-0.4, -0.2) is 76.6 Å². The van der Waals surface area contributed by atoms with Crippen molar-refractivity contribution in [2.45, 2.75) is 138 Å². The first kappa shape index (κ1) is 39.8. The molecule has 1 aliphatic heterocycles. The molecule has 2 unspecified atom stereocenters. The van der Waals surface area contributed by atoms with E-state index in [9.17, 15) is 24.0 Å². The van der Waals surface area contributed by atoms with Crippen LogP contribution in [0.2, 0.25) is 0 Å². The Labute approximate surface area is 270 Å². The molecule has 3 aliphatic rings. The van der Waals surface area contributed by atoms with E-state index < -0.39 is 53.1 Å². The first-order valence-corrected chi connectivity index (χ1v) is 16.8. The van der Waals surface area contributed by atoms with Gasteiger partial charge >= 0.3 is 6.03 Å². The highest BCUT2D eigenvalue weighted by atomic mass is 16.4. The highest BCUT2D eigenvalue weighted by Crippen LogP contribution is 2.30. The third-order valence-corrected chi connectivity index (χ3v) is 8.31. The van der Waals surface area contributed by atoms with Crippen LogP contribution in [0.25, 0.3) is 0 Å². The number of hydrogen-bond acceptors (Lipinski definition) is 7. The van der Waals surface area contributed by atoms with E-state index in [1.807, 2.05) is 27.7 Å². The van der Waals surface area contributed by atoms with Crippen molar-refractivity contribution in [1.82, 2.24) is 20.9 Å². The zero-order valence-electron chi connectivity index (χ0n) is 28.9. The summed E-state index contributed by atoms with van der Waals surface area (Å²) in [4.78, 5) is 64.4. The topological polar surface area (TPSA) is 183 Å². The molecule has 2 saturated carbocycles. The highest BCUT2D eigenvalue weighted by Gasteiger charge is 2.43. The summed E-state index contributed by atoms with van der Waals surface area (Å²) in [5.41, 5.74) is 4.96. The summed E-state index contributed by atoms with van der Waals surface area (Å²) in [5, 5.41) is 20.3. The average molecular weight is 637 g/mol. The van der Waals surface area contributed by atoms with Gasteiger partial charge in [0, 0.05) is 12.5 Å². The Hall–Kier alpha value is -3.18. The minimum atomic E-state index is -1.13. The minimum Gasteiger partial charge on any atom is -0.411 e. The largest absolute Gasteiger partial charge is 0.411 e. The van der Waals surface area contributed by atoms with E-state index in [0.717, 1.165) is 18.8 Å². The fourth-order valence-electron chi connectivity index (χ4n) is 5.60. The summed E-state index contributed by atoms with van der Waals surface area (Å²) in [7, 11) is 0. The normalized spacial score (nSPS) is 20.1. The number of nitrogens with one attached hydrogen (secondary N) is 3. The molecule has 258 valence electrons. The molecule has 0 spiro atoms. The van der Waals surface area contributed by atoms with Crippen molar-refractivity contribution in [1.29, 1.82) is 0 Å². The van der Waals surface area contributed by atoms with Gasteiger partial charge in [0.05, 0.1) is 18.3 Å². The van der Waals surface area contributed by atoms with Crippen LogP contribution in [0, 0.1) is 23.2 Å². The molecule has 2 aliphatic carbocycles. The van der Waals surface area contributed by atoms with Gasteiger partial charge in [0.2, 0.25) is 17.6 Å². The van der Waals surface area contributed by atoms with Gasteiger partial charge in [-0.1, -0.05) is 92.6 Å². The molecule has 5 amide bonds. The van der Waals surface area contributed by atoms with Gasteiger partial charge in [-0.05, 0) is 49.4 Å². The van der Waals surface area contributed by atoms with Gasteiger partial charge in [-0.15, -0.1) is 0 Å². The highest BCUT2D eigenvalue weighted by molar-refractivity contribution is 6.37. The molecular formula is C33H60N6O6. The van der Waals surface area contributed by atoms with Crippen molar-refractivity contribution in [2.75, 3.05) is 13.1 Å². The van der Waals surface area contributed by atoms with Crippen LogP contribution in [0.3, 0.4) is 0 Å². The van der Waals surface area contributed by atoms with Gasteiger partial charge < -0.3 is 31.8 Å². The lowest BCUT2D eigenvalue weighted by Gasteiger charge is -2.35. The van der Waals surface area contributed by atoms with Crippen molar-refractivity contribution in [2.24, 2.45) is 34.1 Å². The predicted molar refractivity (Wildman–Crippen MR) is 176 cm³/mol. The maximum absolute atomic E-state index is 13.6. The van der Waals surface area contributed by atoms with Crippen LogP contribution in [0.15, 0.2) is 5.16 Å². The molecule has 0 bridgehead atoms. The van der Waals surface area contributed by atoms with Gasteiger partial charge in [-0.3, -0.25) is 19.2 Å². The first-order chi connectivity index (χ1) is 21.1. The number of nitrogens with zero attached hydrogens (tertiary/aromatic N) is 2. The standard InChI is InChI=1S/C24H40N6O6.C7H14.C2H6/c1-13(2)11-15(18(31)20(25)32)27-21(33)17-7-6-10-30(17)22(34)19(24(3,4)5)28-23(35)26-12-16(29-36)14-8-9-14;1-7-5-3-2-4-6-7;1-2/h13-15,17,19,36H,6-12H2,1-5H3,(H2,25,32)(H,27,33)(H2,26,28,35);7H,2-6H2,1H3;1-2H3/b29-16-;;/t15?,17-,19?;;/m0../s1. The predicted octanol–water partition coefficient (Wildman–Crippen LogP) is 4.13. The molecule has 6 N–H and O–H groups in total. The van der Waals surface area contributed by atoms with Crippen molar-refractivity contribution in [3.05, 3.63) is 0 Å². The zero-order valence-corrected chi connectivity index (χ0v) is 28.9. The maximum atomic E-state index is 13.6. The SMILES string of the molecule is CC.CC(C)CC(NC(=O)[C@@H]1CCCN1C(=O)C(NC(=O)NC/C(=N/O)C1CC1)C(C)(C)C)C(=O)C(N)=O.CC1CCCCC1. The van der Waals surface area contributed by atoms with E-state index in [1.165, 1.54) is 37.0 Å². The lowest BCUT2D eigenvalue weighted by Crippen LogP contribution is -2.60. The summed E-state index contributed by atoms with van der Waals surface area (Å²) in [5.74, 6) is -1.74. The summed E-state index contributed by atoms with van der Waals surface area (Å²) in [6, 6.07) is -3.44. The third kappa shape index (κ3) is 13.8. The number of Topliss-reactive ketones (excluding diaryl/α,β-unsaturated/α-hetero) is 1. The molecule has 1 heterocycles. The quantitative estimate of drug-likeness (QED) is 0.0983. The molecule has 12 nitrogen and oxygen atoms in total. The monoisotopic (exact) mass is 636 g/mol. The molecule has 1 saturated heterocycles. The number of likely N-dealkylation sites (tertiary alicyclic amines) is 1. The van der Waals surface area contributed by atoms with Crippen LogP contribution < -0.4 is 21.7 Å². The Morgan fingerprint density at radius 1 is 0.933 bits per heavy atom. The second-order valence-electron chi connectivity index (χ2n) is 13.8. The fraction of sp³-hybridized carbons (Fsp3) is 0.818. The lowest BCUT2D eigenvalue weighted by atomic mass is 9.85. The number of primary amides is 1. The van der Waals surface area contributed by atoms with Crippen molar-refractivity contribution >= 4 is 35.2 Å². The first-order valence-electron chi connectivity index (χ1n) is 16.8. The Balaban J connectivity index is 0.000000972. The summed E-state index contributed by atoms with van der Waals surface area (Å²) < 4.78 is 0. The van der Waals surface area contributed by atoms with Gasteiger partial charge in [0.25, 0.3) is 5.91 Å². The second-order valence-corrected chi connectivity index (χ2v) is 13.8. The van der Waals surface area contributed by atoms with Gasteiger partial charge in [0.15, 0.2) is 0 Å². The van der Waals surface area contributed by atoms with E-state index in [4.69, 9.17) is 10.9 Å². The molecule has 3 fully saturated rings. The minimum absolute atomic E-state index is 0.0178. The summed E-state index contributed by atoms with van der Waals surface area (Å²) in [6.07, 6.45) is 10.5. The number of urea groups is 1. The van der Waals surface area contributed by atoms with Crippen molar-refractivity contribution < 1.29 is 29.2 Å². The number of amides is 5. The molecule has 12 heteroatoms. The second kappa shape index (κ2) is 19.4. The van der Waals surface area contributed by atoms with Gasteiger partial charge in [-0.25, -0.2) is 4.79 Å². The zero-order chi connectivity index (χ0) is 34.3. The van der Waals surface area contributed by atoms with Crippen molar-refractivity contribution in [3.63, 3.8) is 0 Å². The van der Waals surface area contributed by atoms with E-state index >= 15 is 0 Å². The molecule has 0 aromatic heterocycles. The fourth-order valence-corrected chi connectivity index (χ4v) is 5.60. The number of nitrogens with two attached hydrogens (primary N) is 1. The van der Waals surface area contributed by atoms with Crippen LogP contribution in [-0.2, 0) is 19.2 Å². The molecule has 0 aromatic rings. The number of carbonyl (C=O) groups is 5. The number of ketones is 1. The smallest absolute Gasteiger partial charge is 0.315 e. The van der Waals surface area contributed by atoms with Gasteiger partial charge in [0.1, 0.15) is 12.1 Å². The number of carbonyl (C=O) groups excluding carboxylic acids is 5. The van der Waals surface area contributed by atoms with E-state index in [1.54, 1.807) is 20.8 Å². The molecule has 0 radical (unpaired) electrons. The summed E-state index contributed by atoms with van der Waals surface area (Å²) in [6.45, 7) is 15.8. The molecule has 3 atom stereocenters. The Morgan fingerprint density at radius 3 is 1.98 bits per heavy atom. The van der Waals surface area contributed by atoms with Crippen molar-refractivity contribution in [3.8, 4) is 0 Å². The molecule has 3 rings (SSSR count). The number of hydrogen-bond donors (Lipinski definition) is 5. The van der Waals surface area contributed by atoms with E-state index in [0.29, 0.717) is 25.1 Å². The maximum Gasteiger partial charge on any atom is 0.315 e. The molecular weight excluding hydrogens is 576 g/mol. The lowest BCUT2D eigenvalue weighted by molar-refractivity contribution is -0.143. The van der Waals surface area contributed by atoms with Crippen LogP contribution in [0.1, 0.15) is 120 Å². The average Bonchev–Trinajstić information content (AvgIpc) is 3.70. The Bertz CT molecular complexity index is 1010. The molecule has 0 aromatic carbocycles. The van der Waals surface area contributed by atoms with E-state index in [-0.39, 0.29) is 24.8 Å². The number of rotatable bonds is 11.